The Balaban J connectivity index is 2.15. The van der Waals surface area contributed by atoms with E-state index in [0.29, 0.717) is 12.0 Å². The van der Waals surface area contributed by atoms with Gasteiger partial charge in [-0.1, -0.05) is 19.1 Å². The monoisotopic (exact) mass is 280 g/mol. The van der Waals surface area contributed by atoms with E-state index < -0.39 is 0 Å². The Hall–Kier alpha value is -1.07. The first kappa shape index (κ1) is 14.3. The molecule has 0 saturated carbocycles. The van der Waals surface area contributed by atoms with Crippen LogP contribution in [0, 0.1) is 23.0 Å². The Morgan fingerprint density at radius 1 is 1.47 bits per heavy atom. The summed E-state index contributed by atoms with van der Waals surface area (Å²) >= 11 is 1.97. The smallest absolute Gasteiger partial charge is 0.272 e. The maximum Gasteiger partial charge on any atom is 0.272 e. The average Bonchev–Trinajstić information content (AvgIpc) is 2.79. The topological polar surface area (TPSA) is 55.2 Å². The Morgan fingerprint density at radius 3 is 2.95 bits per heavy atom. The molecule has 1 heterocycles. The molecular formula is C14H20N2O2S. The number of rotatable bonds is 5. The van der Waals surface area contributed by atoms with Crippen molar-refractivity contribution in [2.45, 2.75) is 26.3 Å². The predicted molar refractivity (Wildman–Crippen MR) is 79.8 cm³/mol. The Morgan fingerprint density at radius 2 is 2.26 bits per heavy atom. The number of nitrogens with one attached hydrogen (secondary N) is 1. The molecule has 1 aliphatic rings. The highest BCUT2D eigenvalue weighted by Gasteiger charge is 2.28. The highest BCUT2D eigenvalue weighted by molar-refractivity contribution is 7.99. The lowest BCUT2D eigenvalue weighted by Gasteiger charge is -2.20. The van der Waals surface area contributed by atoms with E-state index in [1.165, 1.54) is 0 Å². The third-order valence-electron chi connectivity index (χ3n) is 3.76. The molecule has 0 aromatic heterocycles. The number of nitro groups is 1. The normalized spacial score (nSPS) is 22.6. The van der Waals surface area contributed by atoms with Crippen molar-refractivity contribution in [2.75, 3.05) is 18.1 Å². The molecule has 2 unspecified atom stereocenters. The summed E-state index contributed by atoms with van der Waals surface area (Å²) in [6.45, 7) is 4.96. The van der Waals surface area contributed by atoms with Crippen molar-refractivity contribution in [3.8, 4) is 0 Å². The standard InChI is InChI=1S/C14H20N2O2S/c1-3-15-13-9-19-8-12(13)7-11-5-4-6-14(10(11)2)16(17)18/h4-6,12-13,15H,3,7-9H2,1-2H3. The molecule has 1 N–H and O–H groups in total. The van der Waals surface area contributed by atoms with E-state index in [0.717, 1.165) is 35.6 Å². The summed E-state index contributed by atoms with van der Waals surface area (Å²) in [5.41, 5.74) is 2.17. The van der Waals surface area contributed by atoms with Gasteiger partial charge >= 0.3 is 0 Å². The summed E-state index contributed by atoms with van der Waals surface area (Å²) in [6, 6.07) is 5.94. The second kappa shape index (κ2) is 6.39. The van der Waals surface area contributed by atoms with Crippen molar-refractivity contribution in [1.29, 1.82) is 0 Å². The number of hydrogen-bond acceptors (Lipinski definition) is 4. The van der Waals surface area contributed by atoms with E-state index in [1.54, 1.807) is 12.1 Å². The van der Waals surface area contributed by atoms with Gasteiger partial charge in [0.15, 0.2) is 0 Å². The number of benzene rings is 1. The highest BCUT2D eigenvalue weighted by atomic mass is 32.2. The lowest BCUT2D eigenvalue weighted by molar-refractivity contribution is -0.385. The van der Waals surface area contributed by atoms with Gasteiger partial charge in [0, 0.05) is 23.4 Å². The molecule has 1 saturated heterocycles. The zero-order valence-electron chi connectivity index (χ0n) is 11.4. The molecule has 2 rings (SSSR count). The molecular weight excluding hydrogens is 260 g/mol. The van der Waals surface area contributed by atoms with Crippen LogP contribution < -0.4 is 5.32 Å². The summed E-state index contributed by atoms with van der Waals surface area (Å²) in [7, 11) is 0. The largest absolute Gasteiger partial charge is 0.313 e. The molecule has 5 heteroatoms. The fraction of sp³-hybridized carbons (Fsp3) is 0.571. The molecule has 0 radical (unpaired) electrons. The molecule has 2 atom stereocenters. The van der Waals surface area contributed by atoms with Crippen LogP contribution in [0.4, 0.5) is 5.69 Å². The fourth-order valence-corrected chi connectivity index (χ4v) is 4.09. The van der Waals surface area contributed by atoms with E-state index in [2.05, 4.69) is 12.2 Å². The SMILES string of the molecule is CCNC1CSCC1Cc1cccc([N+](=O)[O-])c1C. The van der Waals surface area contributed by atoms with Crippen LogP contribution in [0.2, 0.25) is 0 Å². The van der Waals surface area contributed by atoms with Crippen LogP contribution in [0.25, 0.3) is 0 Å². The molecule has 104 valence electrons. The van der Waals surface area contributed by atoms with Crippen LogP contribution in [0.1, 0.15) is 18.1 Å². The molecule has 1 aromatic carbocycles. The van der Waals surface area contributed by atoms with E-state index >= 15 is 0 Å². The van der Waals surface area contributed by atoms with Gasteiger partial charge in [-0.15, -0.1) is 0 Å². The first-order chi connectivity index (χ1) is 9.13. The van der Waals surface area contributed by atoms with Crippen LogP contribution in [0.3, 0.4) is 0 Å². The van der Waals surface area contributed by atoms with Crippen molar-refractivity contribution in [3.63, 3.8) is 0 Å². The third kappa shape index (κ3) is 3.28. The second-order valence-electron chi connectivity index (χ2n) is 4.98. The van der Waals surface area contributed by atoms with Crippen LogP contribution in [0.5, 0.6) is 0 Å². The van der Waals surface area contributed by atoms with Gasteiger partial charge in [-0.25, -0.2) is 0 Å². The summed E-state index contributed by atoms with van der Waals surface area (Å²) < 4.78 is 0. The van der Waals surface area contributed by atoms with Gasteiger partial charge in [0.2, 0.25) is 0 Å². The number of nitro benzene ring substituents is 1. The molecule has 1 aromatic rings. The van der Waals surface area contributed by atoms with Gasteiger partial charge in [-0.05, 0) is 37.1 Å². The van der Waals surface area contributed by atoms with Crippen LogP contribution in [0.15, 0.2) is 18.2 Å². The first-order valence-electron chi connectivity index (χ1n) is 6.67. The van der Waals surface area contributed by atoms with Gasteiger partial charge in [-0.3, -0.25) is 10.1 Å². The zero-order chi connectivity index (χ0) is 13.8. The number of thioether (sulfide) groups is 1. The maximum atomic E-state index is 11.0. The van der Waals surface area contributed by atoms with Crippen LogP contribution >= 0.6 is 11.8 Å². The predicted octanol–water partition coefficient (Wildman–Crippen LogP) is 2.79. The molecule has 19 heavy (non-hydrogen) atoms. The Bertz CT molecular complexity index is 465. The van der Waals surface area contributed by atoms with Crippen molar-refractivity contribution >= 4 is 17.4 Å². The lowest BCUT2D eigenvalue weighted by Crippen LogP contribution is -2.36. The van der Waals surface area contributed by atoms with Gasteiger partial charge in [0.1, 0.15) is 0 Å². The Kier molecular flexibility index (Phi) is 4.82. The number of hydrogen-bond donors (Lipinski definition) is 1. The third-order valence-corrected chi connectivity index (χ3v) is 5.02. The van der Waals surface area contributed by atoms with Crippen molar-refractivity contribution < 1.29 is 4.92 Å². The Labute approximate surface area is 118 Å². The quantitative estimate of drug-likeness (QED) is 0.665. The van der Waals surface area contributed by atoms with Crippen molar-refractivity contribution in [2.24, 2.45) is 5.92 Å². The van der Waals surface area contributed by atoms with Crippen molar-refractivity contribution in [3.05, 3.63) is 39.4 Å². The van der Waals surface area contributed by atoms with Gasteiger partial charge in [0.25, 0.3) is 5.69 Å². The molecule has 0 bridgehead atoms. The molecule has 1 aliphatic heterocycles. The minimum absolute atomic E-state index is 0.239. The summed E-state index contributed by atoms with van der Waals surface area (Å²) in [4.78, 5) is 10.7. The molecule has 0 amide bonds. The van der Waals surface area contributed by atoms with E-state index in [-0.39, 0.29) is 10.6 Å². The summed E-state index contributed by atoms with van der Waals surface area (Å²) in [6.07, 6.45) is 0.929. The molecule has 0 spiro atoms. The molecule has 1 fully saturated rings. The molecule has 0 aliphatic carbocycles. The minimum Gasteiger partial charge on any atom is -0.313 e. The van der Waals surface area contributed by atoms with Crippen molar-refractivity contribution in [1.82, 2.24) is 5.32 Å². The van der Waals surface area contributed by atoms with E-state index in [9.17, 15) is 10.1 Å². The van der Waals surface area contributed by atoms with Crippen LogP contribution in [-0.2, 0) is 6.42 Å². The van der Waals surface area contributed by atoms with E-state index in [4.69, 9.17) is 0 Å². The maximum absolute atomic E-state index is 11.0. The van der Waals surface area contributed by atoms with Gasteiger partial charge in [0.05, 0.1) is 4.92 Å². The van der Waals surface area contributed by atoms with Gasteiger partial charge < -0.3 is 5.32 Å². The van der Waals surface area contributed by atoms with E-state index in [1.807, 2.05) is 24.8 Å². The lowest BCUT2D eigenvalue weighted by atomic mass is 9.92. The molecule has 4 nitrogen and oxygen atoms in total. The minimum atomic E-state index is -0.288. The van der Waals surface area contributed by atoms with Crippen LogP contribution in [-0.4, -0.2) is 29.0 Å². The van der Waals surface area contributed by atoms with Gasteiger partial charge in [-0.2, -0.15) is 11.8 Å². The summed E-state index contributed by atoms with van der Waals surface area (Å²) in [5.74, 6) is 2.86. The highest BCUT2D eigenvalue weighted by Crippen LogP contribution is 2.30. The average molecular weight is 280 g/mol. The second-order valence-corrected chi connectivity index (χ2v) is 6.06. The fourth-order valence-electron chi connectivity index (χ4n) is 2.66. The zero-order valence-corrected chi connectivity index (χ0v) is 12.2. The summed E-state index contributed by atoms with van der Waals surface area (Å²) in [5, 5.41) is 14.5. The number of nitrogens with zero attached hydrogens (tertiary/aromatic N) is 1. The first-order valence-corrected chi connectivity index (χ1v) is 7.83.